The molecule has 0 spiro atoms. The quantitative estimate of drug-likeness (QED) is 0.624. The summed E-state index contributed by atoms with van der Waals surface area (Å²) in [6.45, 7) is 1.85. The molecule has 9 heteroatoms. The van der Waals surface area contributed by atoms with Gasteiger partial charge in [0.2, 0.25) is 11.8 Å². The molecule has 0 aliphatic carbocycles. The number of benzene rings is 2. The first-order chi connectivity index (χ1) is 14.9. The van der Waals surface area contributed by atoms with Crippen LogP contribution in [0.2, 0.25) is 5.02 Å². The lowest BCUT2D eigenvalue weighted by Gasteiger charge is -2.24. The largest absolute Gasteiger partial charge is 0.497 e. The number of anilines is 2. The summed E-state index contributed by atoms with van der Waals surface area (Å²) in [6.07, 6.45) is -0.0405. The van der Waals surface area contributed by atoms with Gasteiger partial charge in [0.1, 0.15) is 23.4 Å². The van der Waals surface area contributed by atoms with Gasteiger partial charge in [-0.1, -0.05) is 23.7 Å². The molecule has 0 bridgehead atoms. The highest BCUT2D eigenvalue weighted by Gasteiger charge is 2.34. The molecular weight excluding hydrogens is 420 g/mol. The van der Waals surface area contributed by atoms with E-state index in [1.54, 1.807) is 35.0 Å². The SMILES string of the molecule is COc1ccc(OC)c(NC(=O)[C@@H]2CC(=O)Nc3c(C)c(-c4cccc(Cl)c4)nn32)c1. The van der Waals surface area contributed by atoms with Crippen LogP contribution in [0.25, 0.3) is 11.3 Å². The molecular formula is C22H21ClN4O4. The van der Waals surface area contributed by atoms with E-state index >= 15 is 0 Å². The van der Waals surface area contributed by atoms with Crippen LogP contribution < -0.4 is 20.1 Å². The Morgan fingerprint density at radius 2 is 2.03 bits per heavy atom. The van der Waals surface area contributed by atoms with Crippen LogP contribution in [0.4, 0.5) is 11.5 Å². The van der Waals surface area contributed by atoms with Crippen molar-refractivity contribution in [3.05, 3.63) is 53.1 Å². The minimum absolute atomic E-state index is 0.0405. The van der Waals surface area contributed by atoms with E-state index in [0.29, 0.717) is 33.7 Å². The number of ether oxygens (including phenoxy) is 2. The number of hydrogen-bond acceptors (Lipinski definition) is 5. The average molecular weight is 441 g/mol. The van der Waals surface area contributed by atoms with Gasteiger partial charge in [-0.2, -0.15) is 5.10 Å². The minimum Gasteiger partial charge on any atom is -0.497 e. The molecule has 1 aliphatic rings. The van der Waals surface area contributed by atoms with Crippen LogP contribution in [0, 0.1) is 6.92 Å². The minimum atomic E-state index is -0.828. The molecule has 2 N–H and O–H groups in total. The molecule has 0 saturated carbocycles. The zero-order valence-corrected chi connectivity index (χ0v) is 18.0. The molecule has 160 valence electrons. The molecule has 0 fully saturated rings. The second kappa shape index (κ2) is 8.31. The van der Waals surface area contributed by atoms with Crippen LogP contribution in [-0.4, -0.2) is 35.8 Å². The van der Waals surface area contributed by atoms with Crippen LogP contribution >= 0.6 is 11.6 Å². The molecule has 31 heavy (non-hydrogen) atoms. The number of aromatic nitrogens is 2. The van der Waals surface area contributed by atoms with Crippen molar-refractivity contribution in [2.75, 3.05) is 24.9 Å². The van der Waals surface area contributed by atoms with E-state index in [1.165, 1.54) is 14.2 Å². The number of nitrogens with one attached hydrogen (secondary N) is 2. The first kappa shape index (κ1) is 20.7. The van der Waals surface area contributed by atoms with Crippen molar-refractivity contribution in [1.82, 2.24) is 9.78 Å². The van der Waals surface area contributed by atoms with E-state index in [1.807, 2.05) is 19.1 Å². The number of halogens is 1. The maximum absolute atomic E-state index is 13.2. The number of fused-ring (bicyclic) bond motifs is 1. The number of rotatable bonds is 5. The van der Waals surface area contributed by atoms with E-state index in [2.05, 4.69) is 15.7 Å². The lowest BCUT2D eigenvalue weighted by atomic mass is 10.1. The van der Waals surface area contributed by atoms with Crippen LogP contribution in [0.3, 0.4) is 0 Å². The second-order valence-electron chi connectivity index (χ2n) is 7.10. The molecule has 0 unspecified atom stereocenters. The van der Waals surface area contributed by atoms with Gasteiger partial charge in [0.05, 0.1) is 32.0 Å². The first-order valence-electron chi connectivity index (χ1n) is 9.59. The fourth-order valence-electron chi connectivity index (χ4n) is 3.58. The van der Waals surface area contributed by atoms with Gasteiger partial charge in [-0.25, -0.2) is 4.68 Å². The number of nitrogens with zero attached hydrogens (tertiary/aromatic N) is 2. The summed E-state index contributed by atoms with van der Waals surface area (Å²) in [7, 11) is 3.05. The number of carbonyl (C=O) groups excluding carboxylic acids is 2. The maximum atomic E-state index is 13.2. The van der Waals surface area contributed by atoms with Gasteiger partial charge in [-0.3, -0.25) is 9.59 Å². The van der Waals surface area contributed by atoms with Crippen LogP contribution in [-0.2, 0) is 9.59 Å². The molecule has 2 amide bonds. The van der Waals surface area contributed by atoms with Crippen molar-refractivity contribution in [2.24, 2.45) is 0 Å². The number of carbonyl (C=O) groups is 2. The summed E-state index contributed by atoms with van der Waals surface area (Å²) in [6, 6.07) is 11.5. The lowest BCUT2D eigenvalue weighted by Crippen LogP contribution is -2.36. The summed E-state index contributed by atoms with van der Waals surface area (Å²) in [5, 5.41) is 10.9. The van der Waals surface area contributed by atoms with Crippen molar-refractivity contribution in [3.63, 3.8) is 0 Å². The highest BCUT2D eigenvalue weighted by Crippen LogP contribution is 2.36. The molecule has 4 rings (SSSR count). The average Bonchev–Trinajstić information content (AvgIpc) is 3.09. The molecule has 1 aliphatic heterocycles. The maximum Gasteiger partial charge on any atom is 0.249 e. The molecule has 1 atom stereocenters. The van der Waals surface area contributed by atoms with E-state index in [4.69, 9.17) is 21.1 Å². The zero-order valence-electron chi connectivity index (χ0n) is 17.2. The molecule has 0 saturated heterocycles. The Morgan fingerprint density at radius 3 is 2.74 bits per heavy atom. The topological polar surface area (TPSA) is 94.5 Å². The third-order valence-corrected chi connectivity index (χ3v) is 5.38. The summed E-state index contributed by atoms with van der Waals surface area (Å²) in [5.41, 5.74) is 2.65. The lowest BCUT2D eigenvalue weighted by molar-refractivity contribution is -0.125. The standard InChI is InChI=1S/C22H21ClN4O4/c1-12-20(13-5-4-6-14(23)9-13)26-27-17(11-19(28)25-21(12)27)22(29)24-16-10-15(30-2)7-8-18(16)31-3/h4-10,17H,11H2,1-3H3,(H,24,29)(H,25,28)/t17-/m0/s1. The zero-order chi connectivity index (χ0) is 22.1. The first-order valence-corrected chi connectivity index (χ1v) is 9.97. The fraction of sp³-hybridized carbons (Fsp3) is 0.227. The highest BCUT2D eigenvalue weighted by molar-refractivity contribution is 6.30. The third-order valence-electron chi connectivity index (χ3n) is 5.14. The van der Waals surface area contributed by atoms with Crippen molar-refractivity contribution >= 4 is 34.9 Å². The summed E-state index contributed by atoms with van der Waals surface area (Å²) in [4.78, 5) is 25.6. The molecule has 2 heterocycles. The Labute approximate surface area is 184 Å². The van der Waals surface area contributed by atoms with Gasteiger partial charge in [0.25, 0.3) is 0 Å². The van der Waals surface area contributed by atoms with Crippen molar-refractivity contribution < 1.29 is 19.1 Å². The molecule has 1 aromatic heterocycles. The number of hydrogen-bond donors (Lipinski definition) is 2. The fourth-order valence-corrected chi connectivity index (χ4v) is 3.77. The van der Waals surface area contributed by atoms with E-state index in [0.717, 1.165) is 11.1 Å². The molecule has 2 aromatic carbocycles. The molecule has 3 aromatic rings. The molecule has 8 nitrogen and oxygen atoms in total. The smallest absolute Gasteiger partial charge is 0.249 e. The Morgan fingerprint density at radius 1 is 1.23 bits per heavy atom. The highest BCUT2D eigenvalue weighted by atomic mass is 35.5. The predicted molar refractivity (Wildman–Crippen MR) is 118 cm³/mol. The second-order valence-corrected chi connectivity index (χ2v) is 7.54. The number of amides is 2. The Bertz CT molecular complexity index is 1170. The summed E-state index contributed by atoms with van der Waals surface area (Å²) >= 11 is 6.13. The summed E-state index contributed by atoms with van der Waals surface area (Å²) < 4.78 is 12.1. The van der Waals surface area contributed by atoms with E-state index < -0.39 is 6.04 Å². The monoisotopic (exact) mass is 440 g/mol. The van der Waals surface area contributed by atoms with E-state index in [9.17, 15) is 9.59 Å². The van der Waals surface area contributed by atoms with E-state index in [-0.39, 0.29) is 18.2 Å². The van der Waals surface area contributed by atoms with Crippen molar-refractivity contribution in [1.29, 1.82) is 0 Å². The Balaban J connectivity index is 1.71. The molecule has 0 radical (unpaired) electrons. The van der Waals surface area contributed by atoms with Gasteiger partial charge in [0, 0.05) is 22.2 Å². The van der Waals surface area contributed by atoms with Gasteiger partial charge in [-0.05, 0) is 31.2 Å². The predicted octanol–water partition coefficient (Wildman–Crippen LogP) is 4.05. The Hall–Kier alpha value is -3.52. The van der Waals surface area contributed by atoms with Crippen LogP contribution in [0.15, 0.2) is 42.5 Å². The Kier molecular flexibility index (Phi) is 5.56. The van der Waals surface area contributed by atoms with Gasteiger partial charge < -0.3 is 20.1 Å². The van der Waals surface area contributed by atoms with Crippen LogP contribution in [0.1, 0.15) is 18.0 Å². The van der Waals surface area contributed by atoms with Crippen molar-refractivity contribution in [3.8, 4) is 22.8 Å². The van der Waals surface area contributed by atoms with Gasteiger partial charge in [0.15, 0.2) is 0 Å². The van der Waals surface area contributed by atoms with Gasteiger partial charge in [-0.15, -0.1) is 0 Å². The van der Waals surface area contributed by atoms with Crippen molar-refractivity contribution in [2.45, 2.75) is 19.4 Å². The normalized spacial score (nSPS) is 15.1. The number of methoxy groups -OCH3 is 2. The third kappa shape index (κ3) is 3.94. The van der Waals surface area contributed by atoms with Gasteiger partial charge >= 0.3 is 0 Å². The summed E-state index contributed by atoms with van der Waals surface area (Å²) in [5.74, 6) is 0.889. The van der Waals surface area contributed by atoms with Crippen LogP contribution in [0.5, 0.6) is 11.5 Å².